The molecule has 0 aliphatic carbocycles. The zero-order valence-corrected chi connectivity index (χ0v) is 17.3. The number of carbonyl (C=O) groups excluding carboxylic acids is 1. The van der Waals surface area contributed by atoms with Gasteiger partial charge >= 0.3 is 0 Å². The predicted octanol–water partition coefficient (Wildman–Crippen LogP) is 5.72. The fourth-order valence-electron chi connectivity index (χ4n) is 2.74. The summed E-state index contributed by atoms with van der Waals surface area (Å²) >= 11 is 5.78. The van der Waals surface area contributed by atoms with Crippen LogP contribution in [0.2, 0.25) is 5.02 Å². The molecule has 0 unspecified atom stereocenters. The van der Waals surface area contributed by atoms with Gasteiger partial charge in [-0.15, -0.1) is 0 Å². The topological polar surface area (TPSA) is 56.8 Å². The van der Waals surface area contributed by atoms with Crippen LogP contribution >= 0.6 is 11.6 Å². The lowest BCUT2D eigenvalue weighted by Crippen LogP contribution is -2.13. The molecule has 0 radical (unpaired) electrons. The van der Waals surface area contributed by atoms with E-state index in [-0.39, 0.29) is 17.5 Å². The molecule has 0 saturated heterocycles. The maximum Gasteiger partial charge on any atom is 0.255 e. The zero-order chi connectivity index (χ0) is 21.5. The maximum absolute atomic E-state index is 13.3. The highest BCUT2D eigenvalue weighted by molar-refractivity contribution is 6.31. The highest BCUT2D eigenvalue weighted by Crippen LogP contribution is 2.25. The van der Waals surface area contributed by atoms with Gasteiger partial charge in [-0.1, -0.05) is 11.6 Å². The highest BCUT2D eigenvalue weighted by atomic mass is 35.5. The average Bonchev–Trinajstić information content (AvgIpc) is 2.76. The van der Waals surface area contributed by atoms with Gasteiger partial charge in [0, 0.05) is 16.8 Å². The second kappa shape index (κ2) is 9.98. The fourth-order valence-corrected chi connectivity index (χ4v) is 2.92. The van der Waals surface area contributed by atoms with Crippen molar-refractivity contribution >= 4 is 23.2 Å². The summed E-state index contributed by atoms with van der Waals surface area (Å²) in [5.41, 5.74) is 1.53. The van der Waals surface area contributed by atoms with Crippen LogP contribution in [0, 0.1) is 5.82 Å². The van der Waals surface area contributed by atoms with E-state index < -0.39 is 5.82 Å². The van der Waals surface area contributed by atoms with E-state index in [1.807, 2.05) is 6.92 Å². The molecule has 0 aliphatic rings. The van der Waals surface area contributed by atoms with E-state index in [9.17, 15) is 9.18 Å². The molecule has 0 heterocycles. The van der Waals surface area contributed by atoms with Gasteiger partial charge in [0.1, 0.15) is 29.7 Å². The molecule has 156 valence electrons. The summed E-state index contributed by atoms with van der Waals surface area (Å²) < 4.78 is 29.9. The van der Waals surface area contributed by atoms with E-state index in [0.29, 0.717) is 29.4 Å². The van der Waals surface area contributed by atoms with Crippen LogP contribution < -0.4 is 19.5 Å². The molecule has 30 heavy (non-hydrogen) atoms. The largest absolute Gasteiger partial charge is 0.497 e. The van der Waals surface area contributed by atoms with Crippen LogP contribution in [0.3, 0.4) is 0 Å². The lowest BCUT2D eigenvalue weighted by Gasteiger charge is -2.14. The first-order valence-corrected chi connectivity index (χ1v) is 9.67. The number of rotatable bonds is 8. The van der Waals surface area contributed by atoms with Crippen molar-refractivity contribution in [3.8, 4) is 17.2 Å². The van der Waals surface area contributed by atoms with Gasteiger partial charge in [-0.3, -0.25) is 4.79 Å². The molecule has 0 spiro atoms. The Hall–Kier alpha value is -3.25. The molecule has 0 aliphatic heterocycles. The number of anilines is 1. The van der Waals surface area contributed by atoms with Gasteiger partial charge in [-0.25, -0.2) is 4.39 Å². The van der Waals surface area contributed by atoms with Crippen molar-refractivity contribution in [2.75, 3.05) is 19.0 Å². The second-order valence-corrected chi connectivity index (χ2v) is 6.71. The molecule has 5 nitrogen and oxygen atoms in total. The summed E-state index contributed by atoms with van der Waals surface area (Å²) in [6.07, 6.45) is 0. The van der Waals surface area contributed by atoms with Crippen LogP contribution in [0.4, 0.5) is 10.1 Å². The first kappa shape index (κ1) is 21.5. The van der Waals surface area contributed by atoms with Crippen LogP contribution in [0.1, 0.15) is 22.8 Å². The van der Waals surface area contributed by atoms with Gasteiger partial charge in [0.15, 0.2) is 0 Å². The number of nitrogens with one attached hydrogen (secondary N) is 1. The van der Waals surface area contributed by atoms with Crippen LogP contribution in [0.25, 0.3) is 0 Å². The quantitative estimate of drug-likeness (QED) is 0.497. The van der Waals surface area contributed by atoms with E-state index >= 15 is 0 Å². The molecule has 7 heteroatoms. The molecule has 3 aromatic rings. The Morgan fingerprint density at radius 3 is 2.40 bits per heavy atom. The third-order valence-corrected chi connectivity index (χ3v) is 4.54. The Balaban J connectivity index is 1.76. The van der Waals surface area contributed by atoms with E-state index in [1.54, 1.807) is 49.6 Å². The molecule has 0 bridgehead atoms. The van der Waals surface area contributed by atoms with E-state index in [2.05, 4.69) is 5.32 Å². The minimum Gasteiger partial charge on any atom is -0.497 e. The Bertz CT molecular complexity index is 1020. The van der Waals surface area contributed by atoms with Gasteiger partial charge in [-0.05, 0) is 67.6 Å². The smallest absolute Gasteiger partial charge is 0.255 e. The molecule has 0 atom stereocenters. The normalized spacial score (nSPS) is 10.4. The van der Waals surface area contributed by atoms with Crippen molar-refractivity contribution in [3.05, 3.63) is 82.6 Å². The number of hydrogen-bond donors (Lipinski definition) is 1. The van der Waals surface area contributed by atoms with E-state index in [0.717, 1.165) is 11.3 Å². The highest BCUT2D eigenvalue weighted by Gasteiger charge is 2.13. The van der Waals surface area contributed by atoms with Gasteiger partial charge in [-0.2, -0.15) is 0 Å². The van der Waals surface area contributed by atoms with Crippen molar-refractivity contribution < 1.29 is 23.4 Å². The van der Waals surface area contributed by atoms with Gasteiger partial charge in [0.2, 0.25) is 0 Å². The van der Waals surface area contributed by atoms with Crippen molar-refractivity contribution in [1.82, 2.24) is 0 Å². The van der Waals surface area contributed by atoms with Crippen LogP contribution in [-0.4, -0.2) is 19.6 Å². The summed E-state index contributed by atoms with van der Waals surface area (Å²) in [6, 6.07) is 16.3. The van der Waals surface area contributed by atoms with Crippen molar-refractivity contribution in [2.24, 2.45) is 0 Å². The minimum atomic E-state index is -0.548. The predicted molar refractivity (Wildman–Crippen MR) is 114 cm³/mol. The number of benzene rings is 3. The van der Waals surface area contributed by atoms with Crippen LogP contribution in [0.5, 0.6) is 17.2 Å². The number of amides is 1. The molecule has 1 N–H and O–H groups in total. The zero-order valence-electron chi connectivity index (χ0n) is 16.6. The SMILES string of the molecule is CCOc1ccc(C(=O)Nc2ccc(F)c(Cl)c2)cc1COc1ccc(OC)cc1. The molecular weight excluding hydrogens is 409 g/mol. The summed E-state index contributed by atoms with van der Waals surface area (Å²) in [6.45, 7) is 2.58. The summed E-state index contributed by atoms with van der Waals surface area (Å²) in [4.78, 5) is 12.6. The Labute approximate surface area is 179 Å². The third kappa shape index (κ3) is 5.42. The van der Waals surface area contributed by atoms with Crippen molar-refractivity contribution in [1.29, 1.82) is 0 Å². The first-order valence-electron chi connectivity index (χ1n) is 9.29. The summed E-state index contributed by atoms with van der Waals surface area (Å²) in [7, 11) is 1.60. The molecule has 0 saturated carbocycles. The summed E-state index contributed by atoms with van der Waals surface area (Å²) in [5, 5.41) is 2.64. The second-order valence-electron chi connectivity index (χ2n) is 6.30. The number of carbonyl (C=O) groups is 1. The Morgan fingerprint density at radius 2 is 1.73 bits per heavy atom. The monoisotopic (exact) mass is 429 g/mol. The van der Waals surface area contributed by atoms with Gasteiger partial charge in [0.05, 0.1) is 18.7 Å². The number of halogens is 2. The van der Waals surface area contributed by atoms with Crippen molar-refractivity contribution in [3.63, 3.8) is 0 Å². The molecule has 3 aromatic carbocycles. The van der Waals surface area contributed by atoms with Crippen molar-refractivity contribution in [2.45, 2.75) is 13.5 Å². The number of ether oxygens (including phenoxy) is 3. The van der Waals surface area contributed by atoms with Crippen LogP contribution in [0.15, 0.2) is 60.7 Å². The van der Waals surface area contributed by atoms with E-state index in [4.69, 9.17) is 25.8 Å². The minimum absolute atomic E-state index is 0.0620. The fraction of sp³-hybridized carbons (Fsp3) is 0.174. The Morgan fingerprint density at radius 1 is 1.00 bits per heavy atom. The lowest BCUT2D eigenvalue weighted by atomic mass is 10.1. The average molecular weight is 430 g/mol. The van der Waals surface area contributed by atoms with Gasteiger partial charge < -0.3 is 19.5 Å². The van der Waals surface area contributed by atoms with Crippen LogP contribution in [-0.2, 0) is 6.61 Å². The number of hydrogen-bond acceptors (Lipinski definition) is 4. The maximum atomic E-state index is 13.3. The molecule has 0 aromatic heterocycles. The molecule has 1 amide bonds. The molecule has 3 rings (SSSR count). The Kier molecular flexibility index (Phi) is 7.14. The summed E-state index contributed by atoms with van der Waals surface area (Å²) in [5.74, 6) is 1.12. The standard InChI is InChI=1S/C23H21ClFNO4/c1-3-29-22-11-4-15(23(27)26-17-5-10-21(25)20(24)13-17)12-16(22)14-30-19-8-6-18(28-2)7-9-19/h4-13H,3,14H2,1-2H3,(H,26,27). The number of methoxy groups -OCH3 is 1. The lowest BCUT2D eigenvalue weighted by molar-refractivity contribution is 0.102. The first-order chi connectivity index (χ1) is 14.5. The molecule has 0 fully saturated rings. The third-order valence-electron chi connectivity index (χ3n) is 4.25. The van der Waals surface area contributed by atoms with E-state index in [1.165, 1.54) is 18.2 Å². The molecular formula is C23H21ClFNO4. The van der Waals surface area contributed by atoms with Gasteiger partial charge in [0.25, 0.3) is 5.91 Å².